The Hall–Kier alpha value is -0.760. The van der Waals surface area contributed by atoms with Gasteiger partial charge >= 0.3 is 0 Å². The Morgan fingerprint density at radius 2 is 1.88 bits per heavy atom. The Morgan fingerprint density at radius 1 is 1.19 bits per heavy atom. The van der Waals surface area contributed by atoms with Crippen LogP contribution >= 0.6 is 11.8 Å². The monoisotopic (exact) mass is 234 g/mol. The van der Waals surface area contributed by atoms with Crippen molar-refractivity contribution >= 4 is 17.5 Å². The predicted octanol–water partition coefficient (Wildman–Crippen LogP) is 3.68. The van der Waals surface area contributed by atoms with Crippen LogP contribution in [0.3, 0.4) is 0 Å². The van der Waals surface area contributed by atoms with Crippen LogP contribution in [0.25, 0.3) is 0 Å². The van der Waals surface area contributed by atoms with Gasteiger partial charge in [0.15, 0.2) is 0 Å². The van der Waals surface area contributed by atoms with Crippen molar-refractivity contribution in [1.82, 2.24) is 0 Å². The highest BCUT2D eigenvalue weighted by molar-refractivity contribution is 7.99. The molecule has 0 amide bonds. The molecule has 1 aliphatic rings. The quantitative estimate of drug-likeness (QED) is 0.773. The highest BCUT2D eigenvalue weighted by Crippen LogP contribution is 2.27. The maximum atomic E-state index is 11.8. The van der Waals surface area contributed by atoms with Crippen molar-refractivity contribution < 1.29 is 4.79 Å². The third-order valence-electron chi connectivity index (χ3n) is 3.17. The van der Waals surface area contributed by atoms with Crippen LogP contribution in [0.15, 0.2) is 30.3 Å². The van der Waals surface area contributed by atoms with E-state index in [1.54, 1.807) is 11.8 Å². The van der Waals surface area contributed by atoms with Gasteiger partial charge in [0.25, 0.3) is 0 Å². The first-order chi connectivity index (χ1) is 7.86. The molecule has 0 unspecified atom stereocenters. The summed E-state index contributed by atoms with van der Waals surface area (Å²) in [5.41, 5.74) is 1.31. The van der Waals surface area contributed by atoms with Gasteiger partial charge in [-0.3, -0.25) is 4.79 Å². The molecular formula is C14H18OS. The van der Waals surface area contributed by atoms with Crippen molar-refractivity contribution in [3.8, 4) is 0 Å². The lowest BCUT2D eigenvalue weighted by Crippen LogP contribution is -2.13. The second-order valence-corrected chi connectivity index (χ2v) is 5.41. The van der Waals surface area contributed by atoms with Crippen LogP contribution in [0.5, 0.6) is 0 Å². The number of rotatable bonds is 5. The van der Waals surface area contributed by atoms with Gasteiger partial charge in [-0.2, -0.15) is 0 Å². The summed E-state index contributed by atoms with van der Waals surface area (Å²) < 4.78 is 0. The van der Waals surface area contributed by atoms with Crippen LogP contribution in [0, 0.1) is 5.92 Å². The first kappa shape index (κ1) is 11.7. The van der Waals surface area contributed by atoms with Crippen molar-refractivity contribution in [2.75, 3.05) is 5.75 Å². The van der Waals surface area contributed by atoms with Gasteiger partial charge in [-0.1, -0.05) is 43.2 Å². The van der Waals surface area contributed by atoms with Crippen molar-refractivity contribution in [3.63, 3.8) is 0 Å². The molecule has 0 aliphatic heterocycles. The summed E-state index contributed by atoms with van der Waals surface area (Å²) in [7, 11) is 0. The fraction of sp³-hybridized carbons (Fsp3) is 0.500. The molecule has 0 atom stereocenters. The Labute approximate surface area is 102 Å². The van der Waals surface area contributed by atoms with Crippen LogP contribution in [0.2, 0.25) is 0 Å². The summed E-state index contributed by atoms with van der Waals surface area (Å²) in [6, 6.07) is 10.4. The molecule has 0 heterocycles. The Kier molecular flexibility index (Phi) is 4.46. The third kappa shape index (κ3) is 3.38. The number of thioether (sulfide) groups is 1. The number of Topliss-reactive ketones (excluding diaryl/α,β-unsaturated/α-hetero) is 1. The number of benzene rings is 1. The lowest BCUT2D eigenvalue weighted by atomic mass is 10.0. The average molecular weight is 234 g/mol. The molecule has 0 bridgehead atoms. The van der Waals surface area contributed by atoms with Crippen molar-refractivity contribution in [2.24, 2.45) is 5.92 Å². The number of carbonyl (C=O) groups is 1. The zero-order valence-electron chi connectivity index (χ0n) is 9.52. The average Bonchev–Trinajstić information content (AvgIpc) is 2.84. The Bertz CT molecular complexity index is 328. The molecule has 86 valence electrons. The molecule has 2 heteroatoms. The minimum atomic E-state index is 0.378. The van der Waals surface area contributed by atoms with Gasteiger partial charge in [0.1, 0.15) is 5.78 Å². The standard InChI is InChI=1S/C14H18OS/c15-14(13-8-4-5-9-13)11-16-10-12-6-2-1-3-7-12/h1-3,6-7,13H,4-5,8-11H2. The van der Waals surface area contributed by atoms with Gasteiger partial charge in [-0.05, 0) is 18.4 Å². The molecular weight excluding hydrogens is 216 g/mol. The number of carbonyl (C=O) groups excluding carboxylic acids is 1. The molecule has 16 heavy (non-hydrogen) atoms. The highest BCUT2D eigenvalue weighted by Gasteiger charge is 2.21. The lowest BCUT2D eigenvalue weighted by molar-refractivity contribution is -0.120. The van der Waals surface area contributed by atoms with Crippen LogP contribution in [-0.4, -0.2) is 11.5 Å². The van der Waals surface area contributed by atoms with E-state index in [1.807, 2.05) is 6.07 Å². The SMILES string of the molecule is O=C(CSCc1ccccc1)C1CCCC1. The van der Waals surface area contributed by atoms with Gasteiger partial charge < -0.3 is 0 Å². The first-order valence-electron chi connectivity index (χ1n) is 6.00. The van der Waals surface area contributed by atoms with Gasteiger partial charge in [0, 0.05) is 11.7 Å². The van der Waals surface area contributed by atoms with Gasteiger partial charge in [0.05, 0.1) is 5.75 Å². The summed E-state index contributed by atoms with van der Waals surface area (Å²) in [5.74, 6) is 2.50. The predicted molar refractivity (Wildman–Crippen MR) is 69.6 cm³/mol. The van der Waals surface area contributed by atoms with E-state index in [1.165, 1.54) is 18.4 Å². The van der Waals surface area contributed by atoms with Gasteiger partial charge in [0.2, 0.25) is 0 Å². The zero-order chi connectivity index (χ0) is 11.2. The summed E-state index contributed by atoms with van der Waals surface area (Å²) in [6.45, 7) is 0. The molecule has 1 aliphatic carbocycles. The Balaban J connectivity index is 1.70. The summed E-state index contributed by atoms with van der Waals surface area (Å²) in [4.78, 5) is 11.8. The molecule has 0 N–H and O–H groups in total. The molecule has 0 saturated heterocycles. The molecule has 1 aromatic rings. The topological polar surface area (TPSA) is 17.1 Å². The lowest BCUT2D eigenvalue weighted by Gasteiger charge is -2.07. The highest BCUT2D eigenvalue weighted by atomic mass is 32.2. The summed E-state index contributed by atoms with van der Waals surface area (Å²) >= 11 is 1.75. The van der Waals surface area contributed by atoms with Crippen LogP contribution in [0.4, 0.5) is 0 Å². The van der Waals surface area contributed by atoms with Crippen molar-refractivity contribution in [2.45, 2.75) is 31.4 Å². The van der Waals surface area contributed by atoms with Gasteiger partial charge in [-0.15, -0.1) is 11.8 Å². The van der Waals surface area contributed by atoms with Gasteiger partial charge in [-0.25, -0.2) is 0 Å². The maximum absolute atomic E-state index is 11.8. The molecule has 2 rings (SSSR count). The van der Waals surface area contributed by atoms with E-state index in [2.05, 4.69) is 24.3 Å². The fourth-order valence-corrected chi connectivity index (χ4v) is 3.18. The van der Waals surface area contributed by atoms with Crippen LogP contribution < -0.4 is 0 Å². The molecule has 0 aromatic heterocycles. The molecule has 1 saturated carbocycles. The number of ketones is 1. The first-order valence-corrected chi connectivity index (χ1v) is 7.16. The minimum absolute atomic E-state index is 0.378. The van der Waals surface area contributed by atoms with E-state index in [0.29, 0.717) is 17.5 Å². The second-order valence-electron chi connectivity index (χ2n) is 4.43. The largest absolute Gasteiger partial charge is 0.298 e. The number of hydrogen-bond donors (Lipinski definition) is 0. The number of hydrogen-bond acceptors (Lipinski definition) is 2. The van der Waals surface area contributed by atoms with E-state index in [-0.39, 0.29) is 0 Å². The Morgan fingerprint density at radius 3 is 2.56 bits per heavy atom. The normalized spacial score (nSPS) is 16.5. The zero-order valence-corrected chi connectivity index (χ0v) is 10.3. The van der Waals surface area contributed by atoms with Crippen LogP contribution in [-0.2, 0) is 10.5 Å². The van der Waals surface area contributed by atoms with Crippen molar-refractivity contribution in [1.29, 1.82) is 0 Å². The van der Waals surface area contributed by atoms with E-state index in [4.69, 9.17) is 0 Å². The summed E-state index contributed by atoms with van der Waals surface area (Å²) in [6.07, 6.45) is 4.76. The molecule has 1 aromatic carbocycles. The minimum Gasteiger partial charge on any atom is -0.298 e. The van der Waals surface area contributed by atoms with E-state index in [9.17, 15) is 4.79 Å². The van der Waals surface area contributed by atoms with E-state index in [0.717, 1.165) is 18.6 Å². The molecule has 1 nitrogen and oxygen atoms in total. The molecule has 0 spiro atoms. The second kappa shape index (κ2) is 6.09. The fourth-order valence-electron chi connectivity index (χ4n) is 2.21. The van der Waals surface area contributed by atoms with E-state index >= 15 is 0 Å². The molecule has 1 fully saturated rings. The van der Waals surface area contributed by atoms with Crippen molar-refractivity contribution in [3.05, 3.63) is 35.9 Å². The maximum Gasteiger partial charge on any atom is 0.145 e. The smallest absolute Gasteiger partial charge is 0.145 e. The summed E-state index contributed by atoms with van der Waals surface area (Å²) in [5, 5.41) is 0. The van der Waals surface area contributed by atoms with E-state index < -0.39 is 0 Å². The molecule has 0 radical (unpaired) electrons. The van der Waals surface area contributed by atoms with Crippen LogP contribution in [0.1, 0.15) is 31.2 Å². The third-order valence-corrected chi connectivity index (χ3v) is 4.19.